The van der Waals surface area contributed by atoms with Crippen LogP contribution in [0.1, 0.15) is 0 Å². The summed E-state index contributed by atoms with van der Waals surface area (Å²) < 4.78 is 15.7. The summed E-state index contributed by atoms with van der Waals surface area (Å²) in [5.41, 5.74) is 7.74. The molecule has 4 nitrogen and oxygen atoms in total. The maximum absolute atomic E-state index is 6.62. The molecule has 4 aromatic carbocycles. The summed E-state index contributed by atoms with van der Waals surface area (Å²) in [5, 5.41) is 4.61. The molecule has 2 bridgehead atoms. The van der Waals surface area contributed by atoms with Gasteiger partial charge in [-0.15, -0.1) is 0 Å². The van der Waals surface area contributed by atoms with Crippen molar-refractivity contribution in [2.75, 3.05) is 0 Å². The Labute approximate surface area is 228 Å². The average Bonchev–Trinajstić information content (AvgIpc) is 3.89. The van der Waals surface area contributed by atoms with Crippen LogP contribution in [0.25, 0.3) is 27.5 Å². The number of hydrogen-bond acceptors (Lipinski definition) is 3. The molecule has 7 fully saturated rings. The van der Waals surface area contributed by atoms with Gasteiger partial charge in [-0.3, -0.25) is 0 Å². The van der Waals surface area contributed by atoms with Crippen molar-refractivity contribution in [1.29, 1.82) is 0 Å². The van der Waals surface area contributed by atoms with Crippen molar-refractivity contribution in [2.24, 2.45) is 0 Å². The average molecular weight is 520 g/mol. The van der Waals surface area contributed by atoms with Gasteiger partial charge in [0.05, 0.1) is 0 Å². The van der Waals surface area contributed by atoms with E-state index >= 15 is 0 Å². The number of aromatic nitrogens is 1. The van der Waals surface area contributed by atoms with Gasteiger partial charge in [-0.25, -0.2) is 0 Å². The van der Waals surface area contributed by atoms with Crippen LogP contribution in [0.4, 0.5) is 0 Å². The van der Waals surface area contributed by atoms with Crippen LogP contribution < -0.4 is 36.0 Å². The summed E-state index contributed by atoms with van der Waals surface area (Å²) >= 11 is 0. The van der Waals surface area contributed by atoms with Gasteiger partial charge in [0.15, 0.2) is 0 Å². The van der Waals surface area contributed by atoms with E-state index in [1.165, 1.54) is 43.9 Å². The summed E-state index contributed by atoms with van der Waals surface area (Å²) in [5.74, 6) is 3.82. The summed E-state index contributed by atoms with van der Waals surface area (Å²) in [4.78, 5) is 4.68. The van der Waals surface area contributed by atoms with E-state index in [0.717, 1.165) is 54.1 Å². The van der Waals surface area contributed by atoms with Gasteiger partial charge in [-0.2, -0.15) is 0 Å². The SMILES string of the molecule is [B]1B2B3[B-]P123NP12(c3cccc4c3c3ccc5c6c3n4-c3cccc4c3B6c3c(cccc3O5)O4)B3[B-]B1B32. The Morgan fingerprint density at radius 3 is 2.21 bits per heavy atom. The van der Waals surface area contributed by atoms with Gasteiger partial charge in [0.2, 0.25) is 0 Å². The molecular weight excluding hydrogens is 508 g/mol. The van der Waals surface area contributed by atoms with Gasteiger partial charge in [0.25, 0.3) is 0 Å². The van der Waals surface area contributed by atoms with E-state index in [2.05, 4.69) is 90.9 Å². The van der Waals surface area contributed by atoms with Crippen molar-refractivity contribution in [2.45, 2.75) is 0 Å². The van der Waals surface area contributed by atoms with Crippen LogP contribution in [-0.4, -0.2) is 63.2 Å². The molecule has 7 saturated heterocycles. The minimum atomic E-state index is -2.07. The number of hydrogen-bond donors (Lipinski definition) is 1. The Kier molecular flexibility index (Phi) is 2.32. The fourth-order valence-corrected chi connectivity index (χ4v) is 30.1. The van der Waals surface area contributed by atoms with Gasteiger partial charge in [0.1, 0.15) is 0 Å². The number of fused-ring (bicyclic) bond motifs is 5. The zero-order chi connectivity index (χ0) is 24.5. The molecule has 15 rings (SSSR count). The number of nitrogens with one attached hydrogen (secondary N) is 1. The Balaban J connectivity index is 1.16. The van der Waals surface area contributed by atoms with Gasteiger partial charge < -0.3 is 0 Å². The third-order valence-corrected chi connectivity index (χ3v) is 27.2. The van der Waals surface area contributed by atoms with E-state index in [1.54, 1.807) is 5.30 Å². The first-order chi connectivity index (χ1) is 19.2. The standard InChI is InChI=1S/C24H12B9N2O2P2/c1-5-14-21-15(6-1)36-16-7-3-8-17-22(16)28(21)23-18(37-17)11-10-12-20-13(35(14)24(12)23)4-2-9-19(20)38(29-25-30(38)33(29)38)34-39-26-31(39)32(39)27-39/h1-11,34H/q-2. The normalized spacial score (nSPS) is 27.3. The molecule has 0 aliphatic carbocycles. The molecular formula is C24H12B9N2O2P2-2. The summed E-state index contributed by atoms with van der Waals surface area (Å²) in [6.45, 7) is 5.62. The van der Waals surface area contributed by atoms with Gasteiger partial charge in [0, 0.05) is 0 Å². The predicted molar refractivity (Wildman–Crippen MR) is 175 cm³/mol. The van der Waals surface area contributed by atoms with Gasteiger partial charge >= 0.3 is 229 Å². The second-order valence-corrected chi connectivity index (χ2v) is 24.0. The molecule has 5 aromatic rings. The predicted octanol–water partition coefficient (Wildman–Crippen LogP) is 1.18. The molecule has 169 valence electrons. The van der Waals surface area contributed by atoms with Crippen LogP contribution in [0.15, 0.2) is 66.7 Å². The monoisotopic (exact) mass is 521 g/mol. The van der Waals surface area contributed by atoms with Crippen LogP contribution in [0, 0.1) is 0 Å². The molecule has 1 N–H and O–H groups in total. The second kappa shape index (κ2) is 4.79. The third-order valence-electron chi connectivity index (χ3n) is 12.8. The van der Waals surface area contributed by atoms with Crippen LogP contribution in [-0.2, 0) is 0 Å². The van der Waals surface area contributed by atoms with E-state index in [1.807, 2.05) is 6.07 Å². The first-order valence-electron chi connectivity index (χ1n) is 14.3. The van der Waals surface area contributed by atoms with Crippen LogP contribution in [0.5, 0.6) is 23.0 Å². The summed E-state index contributed by atoms with van der Waals surface area (Å²) in [6, 6.07) is 24.7. The van der Waals surface area contributed by atoms with E-state index < -0.39 is 12.7 Å². The van der Waals surface area contributed by atoms with Crippen molar-refractivity contribution in [3.63, 3.8) is 0 Å². The molecule has 10 aliphatic heterocycles. The molecule has 39 heavy (non-hydrogen) atoms. The molecule has 0 unspecified atom stereocenters. The molecule has 0 saturated carbocycles. The van der Waals surface area contributed by atoms with Gasteiger partial charge in [-0.1, -0.05) is 0 Å². The zero-order valence-corrected chi connectivity index (χ0v) is 22.5. The second-order valence-electron chi connectivity index (χ2n) is 13.7. The van der Waals surface area contributed by atoms with Gasteiger partial charge in [-0.05, 0) is 0 Å². The summed E-state index contributed by atoms with van der Waals surface area (Å²) in [6.07, 6.45) is 0.836. The Bertz CT molecular complexity index is 2230. The van der Waals surface area contributed by atoms with E-state index in [0.29, 0.717) is 0 Å². The van der Waals surface area contributed by atoms with Crippen LogP contribution in [0.2, 0.25) is 0 Å². The third kappa shape index (κ3) is 1.46. The van der Waals surface area contributed by atoms with E-state index in [4.69, 9.17) is 9.47 Å². The quantitative estimate of drug-likeness (QED) is 0.281. The molecule has 0 atom stereocenters. The Morgan fingerprint density at radius 1 is 0.795 bits per heavy atom. The fraction of sp³-hybridized carbons (Fsp3) is 0. The first-order valence-corrected chi connectivity index (χ1v) is 19.3. The number of nitrogens with zero attached hydrogens (tertiary/aromatic N) is 1. The fourth-order valence-electron chi connectivity index (χ4n) is 10.7. The molecule has 1 spiro atoms. The molecule has 0 amide bonds. The zero-order valence-electron chi connectivity index (χ0n) is 20.7. The van der Waals surface area contributed by atoms with Crippen LogP contribution in [0.3, 0.4) is 0 Å². The van der Waals surface area contributed by atoms with Crippen molar-refractivity contribution in [1.82, 2.24) is 9.42 Å². The van der Waals surface area contributed by atoms with Crippen molar-refractivity contribution in [3.05, 3.63) is 66.7 Å². The minimum absolute atomic E-state index is 0.141. The topological polar surface area (TPSA) is 35.4 Å². The number of ether oxygens (including phenoxy) is 2. The number of rotatable bonds is 3. The van der Waals surface area contributed by atoms with Crippen molar-refractivity contribution in [3.8, 4) is 28.7 Å². The molecule has 15 heteroatoms. The molecule has 5 radical (unpaired) electrons. The van der Waals surface area contributed by atoms with Crippen LogP contribution >= 0.6 is 12.7 Å². The van der Waals surface area contributed by atoms with Crippen molar-refractivity contribution >= 4 is 115 Å². The van der Waals surface area contributed by atoms with E-state index in [-0.39, 0.29) is 6.71 Å². The van der Waals surface area contributed by atoms with Crippen molar-refractivity contribution < 1.29 is 9.47 Å². The molecule has 1 aromatic heterocycles. The Hall–Kier alpha value is -2.32. The summed E-state index contributed by atoms with van der Waals surface area (Å²) in [7, 11) is 2.69. The first kappa shape index (κ1) is 18.9. The maximum atomic E-state index is 6.62. The van der Waals surface area contributed by atoms with E-state index in [9.17, 15) is 0 Å². The molecule has 11 heterocycles. The Morgan fingerprint density at radius 2 is 1.51 bits per heavy atom. The number of benzene rings is 4. The molecule has 10 aliphatic rings.